The summed E-state index contributed by atoms with van der Waals surface area (Å²) in [6.07, 6.45) is 3.05. The molecule has 1 aromatic heterocycles. The van der Waals surface area contributed by atoms with E-state index in [9.17, 15) is 4.79 Å². The van der Waals surface area contributed by atoms with Crippen LogP contribution in [0, 0.1) is 0 Å². The van der Waals surface area contributed by atoms with Gasteiger partial charge in [0.1, 0.15) is 17.9 Å². The van der Waals surface area contributed by atoms with Gasteiger partial charge in [0, 0.05) is 17.5 Å². The fourth-order valence-electron chi connectivity index (χ4n) is 2.61. The molecule has 3 aromatic rings. The van der Waals surface area contributed by atoms with Gasteiger partial charge in [-0.15, -0.1) is 0 Å². The molecular formula is C20H20O3. The van der Waals surface area contributed by atoms with Crippen LogP contribution >= 0.6 is 0 Å². The Labute approximate surface area is 135 Å². The molecule has 0 fully saturated rings. The number of rotatable bonds is 6. The van der Waals surface area contributed by atoms with Crippen molar-refractivity contribution in [1.29, 1.82) is 0 Å². The highest BCUT2D eigenvalue weighted by atomic mass is 16.5. The van der Waals surface area contributed by atoms with Crippen LogP contribution in [0.1, 0.15) is 30.9 Å². The molecule has 1 heterocycles. The molecule has 0 spiro atoms. The standard InChI is InChI=1S/C20H20O3/c1-2-3-9-16-12-20(21)23-19-13-17(10-11-18(16)19)22-14-15-7-5-4-6-8-15/h4-8,10-13H,2-3,9,14H2,1H3. The van der Waals surface area contributed by atoms with Gasteiger partial charge in [-0.3, -0.25) is 0 Å². The maximum Gasteiger partial charge on any atom is 0.336 e. The van der Waals surface area contributed by atoms with Crippen molar-refractivity contribution < 1.29 is 9.15 Å². The summed E-state index contributed by atoms with van der Waals surface area (Å²) in [7, 11) is 0. The minimum absolute atomic E-state index is 0.302. The molecule has 0 atom stereocenters. The van der Waals surface area contributed by atoms with Crippen LogP contribution in [0.3, 0.4) is 0 Å². The molecule has 0 bridgehead atoms. The third kappa shape index (κ3) is 3.81. The second-order valence-electron chi connectivity index (χ2n) is 5.63. The van der Waals surface area contributed by atoms with Gasteiger partial charge in [-0.05, 0) is 36.1 Å². The van der Waals surface area contributed by atoms with Gasteiger partial charge in [0.15, 0.2) is 0 Å². The quantitative estimate of drug-likeness (QED) is 0.619. The van der Waals surface area contributed by atoms with E-state index in [1.807, 2.05) is 42.5 Å². The van der Waals surface area contributed by atoms with Crippen LogP contribution in [-0.4, -0.2) is 0 Å². The molecule has 0 unspecified atom stereocenters. The molecule has 2 aromatic carbocycles. The number of benzene rings is 2. The zero-order chi connectivity index (χ0) is 16.1. The van der Waals surface area contributed by atoms with Crippen LogP contribution < -0.4 is 10.4 Å². The highest BCUT2D eigenvalue weighted by Gasteiger charge is 2.07. The summed E-state index contributed by atoms with van der Waals surface area (Å²) in [4.78, 5) is 11.8. The molecule has 0 aliphatic heterocycles. The SMILES string of the molecule is CCCCc1cc(=O)oc2cc(OCc3ccccc3)ccc12. The first-order valence-corrected chi connectivity index (χ1v) is 8.00. The summed E-state index contributed by atoms with van der Waals surface area (Å²) in [6, 6.07) is 17.3. The van der Waals surface area contributed by atoms with Crippen LogP contribution in [0.15, 0.2) is 63.8 Å². The average Bonchev–Trinajstić information content (AvgIpc) is 2.58. The lowest BCUT2D eigenvalue weighted by Crippen LogP contribution is -2.01. The molecule has 0 radical (unpaired) electrons. The number of ether oxygens (including phenoxy) is 1. The van der Waals surface area contributed by atoms with E-state index in [2.05, 4.69) is 6.92 Å². The van der Waals surface area contributed by atoms with E-state index in [1.165, 1.54) is 0 Å². The van der Waals surface area contributed by atoms with Crippen LogP contribution in [0.5, 0.6) is 5.75 Å². The Morgan fingerprint density at radius 3 is 2.65 bits per heavy atom. The van der Waals surface area contributed by atoms with E-state index in [-0.39, 0.29) is 5.63 Å². The second-order valence-corrected chi connectivity index (χ2v) is 5.63. The van der Waals surface area contributed by atoms with E-state index in [4.69, 9.17) is 9.15 Å². The van der Waals surface area contributed by atoms with Gasteiger partial charge in [0.25, 0.3) is 0 Å². The monoisotopic (exact) mass is 308 g/mol. The Bertz CT molecular complexity index is 834. The summed E-state index contributed by atoms with van der Waals surface area (Å²) in [5, 5.41) is 0.991. The van der Waals surface area contributed by atoms with E-state index in [1.54, 1.807) is 12.1 Å². The van der Waals surface area contributed by atoms with Crippen molar-refractivity contribution in [3.63, 3.8) is 0 Å². The van der Waals surface area contributed by atoms with Gasteiger partial charge in [-0.1, -0.05) is 43.7 Å². The molecule has 118 valence electrons. The summed E-state index contributed by atoms with van der Waals surface area (Å²) >= 11 is 0. The van der Waals surface area contributed by atoms with Gasteiger partial charge < -0.3 is 9.15 Å². The molecule has 3 nitrogen and oxygen atoms in total. The van der Waals surface area contributed by atoms with Crippen molar-refractivity contribution in [2.45, 2.75) is 32.8 Å². The van der Waals surface area contributed by atoms with Gasteiger partial charge in [-0.25, -0.2) is 4.79 Å². The fourth-order valence-corrected chi connectivity index (χ4v) is 2.61. The van der Waals surface area contributed by atoms with Crippen molar-refractivity contribution in [3.05, 3.63) is 76.1 Å². The molecular weight excluding hydrogens is 288 g/mol. The molecule has 0 saturated carbocycles. The topological polar surface area (TPSA) is 39.4 Å². The average molecular weight is 308 g/mol. The van der Waals surface area contributed by atoms with Crippen molar-refractivity contribution in [2.75, 3.05) is 0 Å². The minimum Gasteiger partial charge on any atom is -0.489 e. The zero-order valence-electron chi connectivity index (χ0n) is 13.2. The van der Waals surface area contributed by atoms with E-state index < -0.39 is 0 Å². The number of hydrogen-bond donors (Lipinski definition) is 0. The van der Waals surface area contributed by atoms with Crippen molar-refractivity contribution in [1.82, 2.24) is 0 Å². The predicted molar refractivity (Wildman–Crippen MR) is 91.9 cm³/mol. The normalized spacial score (nSPS) is 10.8. The maximum atomic E-state index is 11.8. The second kappa shape index (κ2) is 7.14. The molecule has 23 heavy (non-hydrogen) atoms. The highest BCUT2D eigenvalue weighted by molar-refractivity contribution is 5.81. The third-order valence-corrected chi connectivity index (χ3v) is 3.85. The Morgan fingerprint density at radius 1 is 1.04 bits per heavy atom. The molecule has 0 N–H and O–H groups in total. The highest BCUT2D eigenvalue weighted by Crippen LogP contribution is 2.24. The Kier molecular flexibility index (Phi) is 4.77. The fraction of sp³-hybridized carbons (Fsp3) is 0.250. The molecule has 0 amide bonds. The summed E-state index contributed by atoms with van der Waals surface area (Å²) in [6.45, 7) is 2.63. The van der Waals surface area contributed by atoms with Crippen LogP contribution in [0.2, 0.25) is 0 Å². The number of hydrogen-bond acceptors (Lipinski definition) is 3. The lowest BCUT2D eigenvalue weighted by Gasteiger charge is -2.09. The van der Waals surface area contributed by atoms with Gasteiger partial charge >= 0.3 is 5.63 Å². The van der Waals surface area contributed by atoms with Crippen LogP contribution in [0.4, 0.5) is 0 Å². The Hall–Kier alpha value is -2.55. The lowest BCUT2D eigenvalue weighted by molar-refractivity contribution is 0.306. The largest absolute Gasteiger partial charge is 0.489 e. The van der Waals surface area contributed by atoms with Crippen molar-refractivity contribution in [3.8, 4) is 5.75 Å². The summed E-state index contributed by atoms with van der Waals surface area (Å²) in [5.74, 6) is 0.706. The number of fused-ring (bicyclic) bond motifs is 1. The predicted octanol–water partition coefficient (Wildman–Crippen LogP) is 4.71. The molecule has 3 heteroatoms. The lowest BCUT2D eigenvalue weighted by atomic mass is 10.0. The molecule has 0 aliphatic rings. The summed E-state index contributed by atoms with van der Waals surface area (Å²) < 4.78 is 11.1. The first kappa shape index (κ1) is 15.3. The molecule has 0 aliphatic carbocycles. The van der Waals surface area contributed by atoms with E-state index >= 15 is 0 Å². The maximum absolute atomic E-state index is 11.8. The first-order valence-electron chi connectivity index (χ1n) is 8.00. The van der Waals surface area contributed by atoms with Crippen molar-refractivity contribution >= 4 is 11.0 Å². The van der Waals surface area contributed by atoms with Crippen molar-refractivity contribution in [2.24, 2.45) is 0 Å². The molecule has 0 saturated heterocycles. The third-order valence-electron chi connectivity index (χ3n) is 3.85. The Balaban J connectivity index is 1.85. The Morgan fingerprint density at radius 2 is 1.87 bits per heavy atom. The van der Waals surface area contributed by atoms with E-state index in [0.29, 0.717) is 17.9 Å². The smallest absolute Gasteiger partial charge is 0.336 e. The van der Waals surface area contributed by atoms with Gasteiger partial charge in [-0.2, -0.15) is 0 Å². The minimum atomic E-state index is -0.302. The number of aryl methyl sites for hydroxylation is 1. The van der Waals surface area contributed by atoms with Crippen LogP contribution in [-0.2, 0) is 13.0 Å². The molecule has 3 rings (SSSR count). The van der Waals surface area contributed by atoms with Gasteiger partial charge in [0.05, 0.1) is 0 Å². The van der Waals surface area contributed by atoms with Crippen LogP contribution in [0.25, 0.3) is 11.0 Å². The first-order chi connectivity index (χ1) is 11.3. The zero-order valence-corrected chi connectivity index (χ0v) is 13.2. The van der Waals surface area contributed by atoms with E-state index in [0.717, 1.165) is 35.8 Å². The summed E-state index contributed by atoms with van der Waals surface area (Å²) in [5.41, 5.74) is 2.44. The van der Waals surface area contributed by atoms with Gasteiger partial charge in [0.2, 0.25) is 0 Å². The number of unbranched alkanes of at least 4 members (excludes halogenated alkanes) is 1.